The maximum absolute atomic E-state index is 13.6. The lowest BCUT2D eigenvalue weighted by molar-refractivity contribution is -0.151. The average Bonchev–Trinajstić information content (AvgIpc) is 2.37. The minimum Gasteiger partial charge on any atom is -0.476 e. The van der Waals surface area contributed by atoms with Crippen molar-refractivity contribution in [3.8, 4) is 11.8 Å². The van der Waals surface area contributed by atoms with Crippen molar-refractivity contribution in [1.29, 1.82) is 5.26 Å². The van der Waals surface area contributed by atoms with Crippen LogP contribution in [0.3, 0.4) is 0 Å². The SMILES string of the molecule is CCOC(=O)C(CC)Oc1ccc(C#N)cc1F. The third-order valence-corrected chi connectivity index (χ3v) is 2.25. The summed E-state index contributed by atoms with van der Waals surface area (Å²) in [6.45, 7) is 3.67. The van der Waals surface area contributed by atoms with Gasteiger partial charge in [0.25, 0.3) is 0 Å². The fourth-order valence-corrected chi connectivity index (χ4v) is 1.35. The van der Waals surface area contributed by atoms with E-state index in [-0.39, 0.29) is 17.9 Å². The van der Waals surface area contributed by atoms with Gasteiger partial charge in [-0.25, -0.2) is 9.18 Å². The smallest absolute Gasteiger partial charge is 0.347 e. The van der Waals surface area contributed by atoms with Crippen molar-refractivity contribution in [2.75, 3.05) is 6.61 Å². The van der Waals surface area contributed by atoms with Crippen molar-refractivity contribution in [3.05, 3.63) is 29.6 Å². The van der Waals surface area contributed by atoms with Crippen LogP contribution in [0.15, 0.2) is 18.2 Å². The van der Waals surface area contributed by atoms with Crippen LogP contribution >= 0.6 is 0 Å². The van der Waals surface area contributed by atoms with E-state index in [0.29, 0.717) is 6.42 Å². The van der Waals surface area contributed by atoms with E-state index in [1.54, 1.807) is 13.8 Å². The van der Waals surface area contributed by atoms with Gasteiger partial charge in [0.15, 0.2) is 17.7 Å². The predicted octanol–water partition coefficient (Wildman–Crippen LogP) is 2.42. The second-order valence-corrected chi connectivity index (χ2v) is 3.52. The van der Waals surface area contributed by atoms with Crippen LogP contribution in [-0.4, -0.2) is 18.7 Å². The molecule has 0 fully saturated rings. The number of hydrogen-bond donors (Lipinski definition) is 0. The van der Waals surface area contributed by atoms with Crippen molar-refractivity contribution < 1.29 is 18.7 Å². The second-order valence-electron chi connectivity index (χ2n) is 3.52. The largest absolute Gasteiger partial charge is 0.476 e. The van der Waals surface area contributed by atoms with Crippen molar-refractivity contribution in [1.82, 2.24) is 0 Å². The molecule has 0 aliphatic carbocycles. The molecule has 1 unspecified atom stereocenters. The number of carbonyl (C=O) groups excluding carboxylic acids is 1. The highest BCUT2D eigenvalue weighted by Crippen LogP contribution is 2.20. The van der Waals surface area contributed by atoms with Gasteiger partial charge in [0, 0.05) is 0 Å². The molecule has 0 amide bonds. The summed E-state index contributed by atoms with van der Waals surface area (Å²) in [5, 5.41) is 8.61. The van der Waals surface area contributed by atoms with E-state index in [1.165, 1.54) is 12.1 Å². The third kappa shape index (κ3) is 3.45. The summed E-state index contributed by atoms with van der Waals surface area (Å²) >= 11 is 0. The summed E-state index contributed by atoms with van der Waals surface area (Å²) in [4.78, 5) is 11.5. The Balaban J connectivity index is 2.82. The summed E-state index contributed by atoms with van der Waals surface area (Å²) in [5.74, 6) is -1.26. The average molecular weight is 251 g/mol. The summed E-state index contributed by atoms with van der Waals surface area (Å²) in [6, 6.07) is 5.64. The molecule has 0 N–H and O–H groups in total. The van der Waals surface area contributed by atoms with E-state index in [1.807, 2.05) is 6.07 Å². The monoisotopic (exact) mass is 251 g/mol. The Bertz CT molecular complexity index is 468. The van der Waals surface area contributed by atoms with Crippen molar-refractivity contribution >= 4 is 5.97 Å². The van der Waals surface area contributed by atoms with Gasteiger partial charge in [0.05, 0.1) is 18.2 Å². The van der Waals surface area contributed by atoms with Crippen LogP contribution in [0.25, 0.3) is 0 Å². The molecule has 0 heterocycles. The number of ether oxygens (including phenoxy) is 2. The standard InChI is InChI=1S/C13H14FNO3/c1-3-11(13(16)17-4-2)18-12-6-5-9(8-15)7-10(12)14/h5-7,11H,3-4H2,1-2H3. The summed E-state index contributed by atoms with van der Waals surface area (Å²) < 4.78 is 23.6. The molecule has 1 aromatic carbocycles. The first kappa shape index (κ1) is 14.0. The topological polar surface area (TPSA) is 59.3 Å². The molecule has 96 valence electrons. The first-order chi connectivity index (χ1) is 8.62. The zero-order valence-electron chi connectivity index (χ0n) is 10.3. The van der Waals surface area contributed by atoms with E-state index in [2.05, 4.69) is 0 Å². The molecule has 1 rings (SSSR count). The lowest BCUT2D eigenvalue weighted by Crippen LogP contribution is -2.29. The Morgan fingerprint density at radius 2 is 2.22 bits per heavy atom. The summed E-state index contributed by atoms with van der Waals surface area (Å²) in [5.41, 5.74) is 0.198. The number of hydrogen-bond acceptors (Lipinski definition) is 4. The molecule has 0 aromatic heterocycles. The van der Waals surface area contributed by atoms with Gasteiger partial charge >= 0.3 is 5.97 Å². The van der Waals surface area contributed by atoms with Crippen molar-refractivity contribution in [2.24, 2.45) is 0 Å². The second kappa shape index (κ2) is 6.60. The Hall–Kier alpha value is -2.09. The van der Waals surface area contributed by atoms with E-state index in [9.17, 15) is 9.18 Å². The first-order valence-electron chi connectivity index (χ1n) is 5.65. The highest BCUT2D eigenvalue weighted by atomic mass is 19.1. The summed E-state index contributed by atoms with van der Waals surface area (Å²) in [7, 11) is 0. The lowest BCUT2D eigenvalue weighted by atomic mass is 10.2. The zero-order valence-corrected chi connectivity index (χ0v) is 10.3. The maximum atomic E-state index is 13.6. The van der Waals surface area contributed by atoms with Crippen LogP contribution in [-0.2, 0) is 9.53 Å². The quantitative estimate of drug-likeness (QED) is 0.754. The number of nitrogens with zero attached hydrogens (tertiary/aromatic N) is 1. The zero-order chi connectivity index (χ0) is 13.5. The van der Waals surface area contributed by atoms with Gasteiger partial charge in [-0.3, -0.25) is 0 Å². The van der Waals surface area contributed by atoms with Gasteiger partial charge in [-0.1, -0.05) is 6.92 Å². The van der Waals surface area contributed by atoms with Gasteiger partial charge in [0.1, 0.15) is 0 Å². The first-order valence-corrected chi connectivity index (χ1v) is 5.65. The molecular weight excluding hydrogens is 237 g/mol. The van der Waals surface area contributed by atoms with E-state index >= 15 is 0 Å². The molecule has 18 heavy (non-hydrogen) atoms. The Morgan fingerprint density at radius 1 is 1.50 bits per heavy atom. The minimum absolute atomic E-state index is 0.0612. The van der Waals surface area contributed by atoms with Crippen LogP contribution in [0.5, 0.6) is 5.75 Å². The van der Waals surface area contributed by atoms with Crippen molar-refractivity contribution in [3.63, 3.8) is 0 Å². The van der Waals surface area contributed by atoms with E-state index < -0.39 is 17.9 Å². The number of benzene rings is 1. The molecule has 0 spiro atoms. The fraction of sp³-hybridized carbons (Fsp3) is 0.385. The molecule has 0 aliphatic rings. The van der Waals surface area contributed by atoms with Crippen LogP contribution in [0.4, 0.5) is 4.39 Å². The number of nitriles is 1. The van der Waals surface area contributed by atoms with Crippen LogP contribution < -0.4 is 4.74 Å². The van der Waals surface area contributed by atoms with E-state index in [4.69, 9.17) is 14.7 Å². The number of carbonyl (C=O) groups is 1. The van der Waals surface area contributed by atoms with Gasteiger partial charge in [-0.15, -0.1) is 0 Å². The fourth-order valence-electron chi connectivity index (χ4n) is 1.35. The molecule has 4 nitrogen and oxygen atoms in total. The Labute approximate surface area is 105 Å². The van der Waals surface area contributed by atoms with Gasteiger partial charge < -0.3 is 9.47 Å². The van der Waals surface area contributed by atoms with E-state index in [0.717, 1.165) is 6.07 Å². The molecular formula is C13H14FNO3. The molecule has 1 aromatic rings. The molecule has 1 atom stereocenters. The molecule has 0 saturated heterocycles. The number of halogens is 1. The number of esters is 1. The number of rotatable bonds is 5. The highest BCUT2D eigenvalue weighted by Gasteiger charge is 2.21. The van der Waals surface area contributed by atoms with Crippen LogP contribution in [0.1, 0.15) is 25.8 Å². The van der Waals surface area contributed by atoms with Gasteiger partial charge in [0.2, 0.25) is 0 Å². The molecule has 0 saturated carbocycles. The Morgan fingerprint density at radius 3 is 2.72 bits per heavy atom. The molecule has 0 radical (unpaired) electrons. The molecule has 0 bridgehead atoms. The van der Waals surface area contributed by atoms with Crippen molar-refractivity contribution in [2.45, 2.75) is 26.4 Å². The minimum atomic E-state index is -0.840. The molecule has 5 heteroatoms. The van der Waals surface area contributed by atoms with Gasteiger partial charge in [-0.2, -0.15) is 5.26 Å². The summed E-state index contributed by atoms with van der Waals surface area (Å²) in [6.07, 6.45) is -0.467. The van der Waals surface area contributed by atoms with Crippen LogP contribution in [0, 0.1) is 17.1 Å². The lowest BCUT2D eigenvalue weighted by Gasteiger charge is -2.16. The maximum Gasteiger partial charge on any atom is 0.347 e. The normalized spacial score (nSPS) is 11.4. The Kier molecular flexibility index (Phi) is 5.12. The molecule has 0 aliphatic heterocycles. The third-order valence-electron chi connectivity index (χ3n) is 2.25. The van der Waals surface area contributed by atoms with Gasteiger partial charge in [-0.05, 0) is 31.5 Å². The van der Waals surface area contributed by atoms with Crippen LogP contribution in [0.2, 0.25) is 0 Å². The predicted molar refractivity (Wildman–Crippen MR) is 62.5 cm³/mol. The highest BCUT2D eigenvalue weighted by molar-refractivity contribution is 5.75.